The summed E-state index contributed by atoms with van der Waals surface area (Å²) in [6.45, 7) is 5.90. The molecule has 4 rings (SSSR count). The minimum Gasteiger partial charge on any atom is -0.319 e. The molecule has 0 spiro atoms. The van der Waals surface area contributed by atoms with Crippen molar-refractivity contribution in [3.63, 3.8) is 0 Å². The Morgan fingerprint density at radius 3 is 2.40 bits per heavy atom. The van der Waals surface area contributed by atoms with Gasteiger partial charge in [0.2, 0.25) is 5.82 Å². The minimum atomic E-state index is -0.389. The second-order valence-electron chi connectivity index (χ2n) is 7.24. The fourth-order valence-corrected chi connectivity index (χ4v) is 3.33. The molecule has 0 atom stereocenters. The molecular formula is C24H21ClN4O. The number of carbonyl (C=O) groups excluding carboxylic acids is 1. The van der Waals surface area contributed by atoms with Crippen LogP contribution in [-0.2, 0) is 0 Å². The van der Waals surface area contributed by atoms with Crippen molar-refractivity contribution in [2.45, 2.75) is 20.8 Å². The van der Waals surface area contributed by atoms with E-state index in [0.29, 0.717) is 16.5 Å². The number of amides is 1. The van der Waals surface area contributed by atoms with Crippen molar-refractivity contribution in [2.24, 2.45) is 0 Å². The SMILES string of the molecule is Cc1ccc(-c2nc(C(=O)Nc3cccc(Cl)c3C)nn2-c2cccc(C)c2)cc1. The summed E-state index contributed by atoms with van der Waals surface area (Å²) in [4.78, 5) is 17.5. The molecule has 1 heterocycles. The highest BCUT2D eigenvalue weighted by atomic mass is 35.5. The van der Waals surface area contributed by atoms with Gasteiger partial charge in [-0.05, 0) is 56.2 Å². The van der Waals surface area contributed by atoms with Crippen LogP contribution in [0.15, 0.2) is 66.7 Å². The van der Waals surface area contributed by atoms with Gasteiger partial charge in [-0.3, -0.25) is 4.79 Å². The van der Waals surface area contributed by atoms with E-state index in [1.807, 2.05) is 69.3 Å². The molecule has 150 valence electrons. The fraction of sp³-hybridized carbons (Fsp3) is 0.125. The average molecular weight is 417 g/mol. The molecular weight excluding hydrogens is 396 g/mol. The molecule has 5 nitrogen and oxygen atoms in total. The first-order valence-corrected chi connectivity index (χ1v) is 9.98. The van der Waals surface area contributed by atoms with Crippen molar-refractivity contribution in [1.82, 2.24) is 14.8 Å². The molecule has 1 N–H and O–H groups in total. The van der Waals surface area contributed by atoms with Gasteiger partial charge in [-0.1, -0.05) is 59.6 Å². The number of rotatable bonds is 4. The number of hydrogen-bond acceptors (Lipinski definition) is 3. The molecule has 0 fully saturated rings. The highest BCUT2D eigenvalue weighted by Crippen LogP contribution is 2.25. The Morgan fingerprint density at radius 2 is 1.67 bits per heavy atom. The third kappa shape index (κ3) is 3.98. The van der Waals surface area contributed by atoms with Crippen LogP contribution in [0.3, 0.4) is 0 Å². The topological polar surface area (TPSA) is 59.8 Å². The number of anilines is 1. The van der Waals surface area contributed by atoms with Gasteiger partial charge < -0.3 is 5.32 Å². The maximum Gasteiger partial charge on any atom is 0.295 e. The number of nitrogens with zero attached hydrogens (tertiary/aromatic N) is 3. The molecule has 1 amide bonds. The molecule has 30 heavy (non-hydrogen) atoms. The second kappa shape index (κ2) is 8.13. The standard InChI is InChI=1S/C24H21ClN4O/c1-15-10-12-18(13-11-15)23-27-22(28-29(23)19-7-4-6-16(2)14-19)24(30)26-21-9-5-8-20(25)17(21)3/h4-14H,1-3H3,(H,26,30). The lowest BCUT2D eigenvalue weighted by Crippen LogP contribution is -2.15. The summed E-state index contributed by atoms with van der Waals surface area (Å²) >= 11 is 6.17. The van der Waals surface area contributed by atoms with Gasteiger partial charge in [-0.2, -0.15) is 0 Å². The number of halogens is 1. The van der Waals surface area contributed by atoms with Gasteiger partial charge in [0.15, 0.2) is 5.82 Å². The zero-order valence-corrected chi connectivity index (χ0v) is 17.7. The Labute approximate surface area is 180 Å². The summed E-state index contributed by atoms with van der Waals surface area (Å²) < 4.78 is 1.71. The lowest BCUT2D eigenvalue weighted by atomic mass is 10.1. The van der Waals surface area contributed by atoms with E-state index < -0.39 is 0 Å². The molecule has 0 bridgehead atoms. The van der Waals surface area contributed by atoms with E-state index >= 15 is 0 Å². The summed E-state index contributed by atoms with van der Waals surface area (Å²) in [5, 5.41) is 7.99. The quantitative estimate of drug-likeness (QED) is 0.459. The number of carbonyl (C=O) groups is 1. The zero-order chi connectivity index (χ0) is 21.3. The first-order valence-electron chi connectivity index (χ1n) is 9.60. The van der Waals surface area contributed by atoms with Gasteiger partial charge in [0, 0.05) is 16.3 Å². The molecule has 3 aromatic carbocycles. The molecule has 0 aliphatic carbocycles. The van der Waals surface area contributed by atoms with Crippen LogP contribution >= 0.6 is 11.6 Å². The summed E-state index contributed by atoms with van der Waals surface area (Å²) in [5.74, 6) is 0.306. The van der Waals surface area contributed by atoms with Crippen LogP contribution in [0.5, 0.6) is 0 Å². The fourth-order valence-electron chi connectivity index (χ4n) is 3.16. The second-order valence-corrected chi connectivity index (χ2v) is 7.65. The predicted octanol–water partition coefficient (Wildman–Crippen LogP) is 5.77. The maximum absolute atomic E-state index is 12.9. The maximum atomic E-state index is 12.9. The average Bonchev–Trinajstić information content (AvgIpc) is 3.18. The normalized spacial score (nSPS) is 10.8. The molecule has 0 aliphatic heterocycles. The molecule has 4 aromatic rings. The van der Waals surface area contributed by atoms with Crippen LogP contribution in [0.2, 0.25) is 5.02 Å². The van der Waals surface area contributed by atoms with Crippen molar-refractivity contribution in [2.75, 3.05) is 5.32 Å². The van der Waals surface area contributed by atoms with E-state index in [4.69, 9.17) is 11.6 Å². The van der Waals surface area contributed by atoms with Crippen molar-refractivity contribution < 1.29 is 4.79 Å². The van der Waals surface area contributed by atoms with Crippen LogP contribution in [0.4, 0.5) is 5.69 Å². The van der Waals surface area contributed by atoms with Gasteiger partial charge in [-0.25, -0.2) is 9.67 Å². The van der Waals surface area contributed by atoms with Crippen molar-refractivity contribution >= 4 is 23.2 Å². The van der Waals surface area contributed by atoms with E-state index in [-0.39, 0.29) is 11.7 Å². The molecule has 0 radical (unpaired) electrons. The zero-order valence-electron chi connectivity index (χ0n) is 17.0. The summed E-state index contributed by atoms with van der Waals surface area (Å²) in [5.41, 5.74) is 5.40. The van der Waals surface area contributed by atoms with Gasteiger partial charge in [-0.15, -0.1) is 5.10 Å². The summed E-state index contributed by atoms with van der Waals surface area (Å²) in [6.07, 6.45) is 0. The van der Waals surface area contributed by atoms with Crippen LogP contribution in [0.25, 0.3) is 17.1 Å². The number of nitrogens with one attached hydrogen (secondary N) is 1. The molecule has 0 saturated carbocycles. The molecule has 6 heteroatoms. The summed E-state index contributed by atoms with van der Waals surface area (Å²) in [7, 11) is 0. The van der Waals surface area contributed by atoms with Crippen LogP contribution in [-0.4, -0.2) is 20.7 Å². The monoisotopic (exact) mass is 416 g/mol. The smallest absolute Gasteiger partial charge is 0.295 e. The van der Waals surface area contributed by atoms with Gasteiger partial charge in [0.25, 0.3) is 5.91 Å². The molecule has 0 saturated heterocycles. The van der Waals surface area contributed by atoms with E-state index in [1.165, 1.54) is 0 Å². The minimum absolute atomic E-state index is 0.0893. The largest absolute Gasteiger partial charge is 0.319 e. The number of aryl methyl sites for hydroxylation is 2. The lowest BCUT2D eigenvalue weighted by molar-refractivity contribution is 0.101. The van der Waals surface area contributed by atoms with E-state index in [0.717, 1.165) is 27.9 Å². The van der Waals surface area contributed by atoms with Crippen molar-refractivity contribution in [3.8, 4) is 17.1 Å². The Morgan fingerprint density at radius 1 is 0.933 bits per heavy atom. The number of benzene rings is 3. The highest BCUT2D eigenvalue weighted by Gasteiger charge is 2.20. The summed E-state index contributed by atoms with van der Waals surface area (Å²) in [6, 6.07) is 21.3. The molecule has 0 aliphatic rings. The highest BCUT2D eigenvalue weighted by molar-refractivity contribution is 6.31. The van der Waals surface area contributed by atoms with Crippen LogP contribution in [0.1, 0.15) is 27.3 Å². The first kappa shape index (κ1) is 19.9. The molecule has 1 aromatic heterocycles. The van der Waals surface area contributed by atoms with Crippen LogP contribution in [0, 0.1) is 20.8 Å². The Kier molecular flexibility index (Phi) is 5.38. The first-order chi connectivity index (χ1) is 14.4. The lowest BCUT2D eigenvalue weighted by Gasteiger charge is -2.07. The van der Waals surface area contributed by atoms with E-state index in [9.17, 15) is 4.79 Å². The number of aromatic nitrogens is 3. The Bertz CT molecular complexity index is 1230. The van der Waals surface area contributed by atoms with Crippen LogP contribution < -0.4 is 5.32 Å². The number of hydrogen-bond donors (Lipinski definition) is 1. The Balaban J connectivity index is 1.77. The van der Waals surface area contributed by atoms with Crippen molar-refractivity contribution in [1.29, 1.82) is 0 Å². The molecule has 0 unspecified atom stereocenters. The van der Waals surface area contributed by atoms with Gasteiger partial charge in [0.05, 0.1) is 5.69 Å². The van der Waals surface area contributed by atoms with Gasteiger partial charge in [0.1, 0.15) is 0 Å². The van der Waals surface area contributed by atoms with E-state index in [1.54, 1.807) is 22.9 Å². The van der Waals surface area contributed by atoms with Crippen molar-refractivity contribution in [3.05, 3.63) is 94.3 Å². The third-order valence-electron chi connectivity index (χ3n) is 4.88. The van der Waals surface area contributed by atoms with Gasteiger partial charge >= 0.3 is 0 Å². The Hall–Kier alpha value is -3.44. The van der Waals surface area contributed by atoms with E-state index in [2.05, 4.69) is 15.4 Å². The third-order valence-corrected chi connectivity index (χ3v) is 5.29. The predicted molar refractivity (Wildman–Crippen MR) is 120 cm³/mol.